The monoisotopic (exact) mass is 931 g/mol. The number of aryl methyl sites for hydroxylation is 2. The van der Waals surface area contributed by atoms with E-state index in [1.807, 2.05) is 0 Å². The lowest BCUT2D eigenvalue weighted by molar-refractivity contribution is 0.488. The van der Waals surface area contributed by atoms with E-state index in [0.717, 1.165) is 83.9 Å². The summed E-state index contributed by atoms with van der Waals surface area (Å²) in [6, 6.07) is 57.1. The minimum atomic E-state index is -0.176. The molecule has 1 aromatic heterocycles. The van der Waals surface area contributed by atoms with Crippen molar-refractivity contribution in [2.45, 2.75) is 119 Å². The quantitative estimate of drug-likeness (QED) is 0.161. The summed E-state index contributed by atoms with van der Waals surface area (Å²) < 4.78 is 14.9. The molecule has 0 atom stereocenters. The van der Waals surface area contributed by atoms with Crippen molar-refractivity contribution in [2.75, 3.05) is 9.80 Å². The lowest BCUT2D eigenvalue weighted by Crippen LogP contribution is -2.60. The summed E-state index contributed by atoms with van der Waals surface area (Å²) in [4.78, 5) is 4.89. The van der Waals surface area contributed by atoms with Gasteiger partial charge in [-0.15, -0.1) is 0 Å². The third-order valence-corrected chi connectivity index (χ3v) is 15.0. The molecule has 71 heavy (non-hydrogen) atoms. The van der Waals surface area contributed by atoms with Gasteiger partial charge < -0.3 is 19.0 Å². The number of rotatable bonds is 5. The van der Waals surface area contributed by atoms with Gasteiger partial charge in [0, 0.05) is 39.2 Å². The molecule has 0 spiro atoms. The molecule has 2 aliphatic rings. The Balaban J connectivity index is 1.27. The van der Waals surface area contributed by atoms with Gasteiger partial charge in [0.1, 0.15) is 17.0 Å². The summed E-state index contributed by atoms with van der Waals surface area (Å²) in [5.41, 5.74) is 21.3. The Bertz CT molecular complexity index is 3470. The van der Waals surface area contributed by atoms with E-state index >= 15 is 0 Å². The maximum atomic E-state index is 7.79. The van der Waals surface area contributed by atoms with Crippen molar-refractivity contribution >= 4 is 79.2 Å². The number of hydrogen-bond donors (Lipinski definition) is 0. The normalized spacial score (nSPS) is 13.5. The van der Waals surface area contributed by atoms with E-state index in [0.29, 0.717) is 0 Å². The summed E-state index contributed by atoms with van der Waals surface area (Å²) in [5, 5.41) is 2.14. The molecule has 0 aliphatic carbocycles. The summed E-state index contributed by atoms with van der Waals surface area (Å²) in [5.74, 6) is 1.65. The standard InChI is InChI=1S/C66H67BN2O2/c1-40-33-41(2)35-42(34-40)43-36-56-59-58(37-43)71-62-54(67(59)53-38-47(66(12,13)14)25-32-55(53)69(56)50-30-23-46(24-31-50)65(9,10)11)39-52-51-17-15-16-18-57(51)70-61(52)60(62)68(48-26-19-44(20-27-48)63(3,4)5)49-28-21-45(22-29-49)64(6,7)8/h15-39H,1-14H3. The van der Waals surface area contributed by atoms with Crippen LogP contribution in [0.4, 0.5) is 34.1 Å². The highest BCUT2D eigenvalue weighted by Gasteiger charge is 2.45. The Hall–Kier alpha value is -6.98. The van der Waals surface area contributed by atoms with Crippen molar-refractivity contribution in [3.8, 4) is 22.6 Å². The van der Waals surface area contributed by atoms with Crippen LogP contribution in [0.2, 0.25) is 0 Å². The largest absolute Gasteiger partial charge is 0.456 e. The number of hydrogen-bond acceptors (Lipinski definition) is 4. The fourth-order valence-electron chi connectivity index (χ4n) is 11.0. The zero-order valence-electron chi connectivity index (χ0n) is 44.2. The van der Waals surface area contributed by atoms with E-state index in [4.69, 9.17) is 9.15 Å². The molecular formula is C66H67BN2O2. The Morgan fingerprint density at radius 2 is 0.986 bits per heavy atom. The first-order valence-electron chi connectivity index (χ1n) is 25.5. The van der Waals surface area contributed by atoms with Gasteiger partial charge in [-0.3, -0.25) is 0 Å². The van der Waals surface area contributed by atoms with E-state index in [9.17, 15) is 0 Å². The molecule has 0 N–H and O–H groups in total. The molecule has 2 aliphatic heterocycles. The first-order chi connectivity index (χ1) is 33.5. The van der Waals surface area contributed by atoms with Crippen LogP contribution in [0.15, 0.2) is 156 Å². The van der Waals surface area contributed by atoms with Crippen molar-refractivity contribution in [3.05, 3.63) is 185 Å². The van der Waals surface area contributed by atoms with Crippen LogP contribution < -0.4 is 30.9 Å². The smallest absolute Gasteiger partial charge is 0.256 e. The van der Waals surface area contributed by atoms with E-state index in [-0.39, 0.29) is 28.4 Å². The lowest BCUT2D eigenvalue weighted by Gasteiger charge is -2.42. The van der Waals surface area contributed by atoms with Gasteiger partial charge in [0.25, 0.3) is 6.71 Å². The zero-order valence-corrected chi connectivity index (χ0v) is 44.2. The number of anilines is 6. The number of nitrogens with zero attached hydrogens (tertiary/aromatic N) is 2. The minimum Gasteiger partial charge on any atom is -0.456 e. The van der Waals surface area contributed by atoms with Gasteiger partial charge >= 0.3 is 0 Å². The van der Waals surface area contributed by atoms with Gasteiger partial charge in [-0.25, -0.2) is 0 Å². The lowest BCUT2D eigenvalue weighted by atomic mass is 9.33. The topological polar surface area (TPSA) is 28.9 Å². The highest BCUT2D eigenvalue weighted by atomic mass is 16.5. The second-order valence-corrected chi connectivity index (χ2v) is 24.5. The molecule has 8 aromatic carbocycles. The maximum absolute atomic E-state index is 7.79. The summed E-state index contributed by atoms with van der Waals surface area (Å²) in [6.07, 6.45) is 0. The molecule has 0 bridgehead atoms. The Kier molecular flexibility index (Phi) is 10.6. The van der Waals surface area contributed by atoms with Gasteiger partial charge in [-0.1, -0.05) is 185 Å². The Morgan fingerprint density at radius 3 is 1.55 bits per heavy atom. The molecule has 4 nitrogen and oxygen atoms in total. The highest BCUT2D eigenvalue weighted by molar-refractivity contribution is 6.99. The molecule has 356 valence electrons. The van der Waals surface area contributed by atoms with Crippen molar-refractivity contribution in [2.24, 2.45) is 0 Å². The van der Waals surface area contributed by atoms with Gasteiger partial charge in [-0.05, 0) is 146 Å². The fraction of sp³-hybridized carbons (Fsp3) is 0.273. The predicted octanol–water partition coefficient (Wildman–Crippen LogP) is 16.9. The van der Waals surface area contributed by atoms with Crippen molar-refractivity contribution in [1.29, 1.82) is 0 Å². The third kappa shape index (κ3) is 8.02. The number of fused-ring (bicyclic) bond motifs is 7. The van der Waals surface area contributed by atoms with Crippen LogP contribution in [-0.2, 0) is 21.7 Å². The molecule has 0 fully saturated rings. The van der Waals surface area contributed by atoms with Crippen LogP contribution in [-0.4, -0.2) is 6.71 Å². The molecule has 0 amide bonds. The number of ether oxygens (including phenoxy) is 1. The molecule has 0 unspecified atom stereocenters. The van der Waals surface area contributed by atoms with Crippen molar-refractivity contribution in [3.63, 3.8) is 0 Å². The molecule has 0 saturated carbocycles. The van der Waals surface area contributed by atoms with Gasteiger partial charge in [-0.2, -0.15) is 0 Å². The second kappa shape index (κ2) is 16.3. The van der Waals surface area contributed by atoms with E-state index in [1.54, 1.807) is 0 Å². The van der Waals surface area contributed by atoms with Crippen LogP contribution in [0.5, 0.6) is 11.5 Å². The fourth-order valence-corrected chi connectivity index (χ4v) is 11.0. The second-order valence-electron chi connectivity index (χ2n) is 24.5. The number of para-hydroxylation sites is 1. The summed E-state index contributed by atoms with van der Waals surface area (Å²) >= 11 is 0. The van der Waals surface area contributed by atoms with Crippen LogP contribution in [0.3, 0.4) is 0 Å². The average molecular weight is 931 g/mol. The Morgan fingerprint density at radius 1 is 0.465 bits per heavy atom. The van der Waals surface area contributed by atoms with Crippen LogP contribution in [0.25, 0.3) is 33.1 Å². The van der Waals surface area contributed by atoms with Gasteiger partial charge in [0.15, 0.2) is 11.3 Å². The molecular weight excluding hydrogens is 864 g/mol. The summed E-state index contributed by atoms with van der Waals surface area (Å²) in [6.45, 7) is 31.7. The number of benzene rings is 8. The molecule has 0 radical (unpaired) electrons. The third-order valence-electron chi connectivity index (χ3n) is 15.0. The first kappa shape index (κ1) is 46.4. The maximum Gasteiger partial charge on any atom is 0.256 e. The SMILES string of the molecule is Cc1cc(C)cc(-c2cc3c4c(c2)N(c2ccc(C(C)(C)C)cc2)c2ccc(C(C)(C)C)cc2B4c2cc4c(oc5ccccc54)c(N(c4ccc(C(C)(C)C)cc4)c4ccc(C(C)(C)C)cc4)c2O3)c1. The number of furan rings is 1. The van der Waals surface area contributed by atoms with Gasteiger partial charge in [0.05, 0.1) is 0 Å². The van der Waals surface area contributed by atoms with E-state index < -0.39 is 0 Å². The van der Waals surface area contributed by atoms with Crippen LogP contribution in [0, 0.1) is 13.8 Å². The molecule has 5 heteroatoms. The molecule has 11 rings (SSSR count). The van der Waals surface area contributed by atoms with Crippen molar-refractivity contribution < 1.29 is 9.15 Å². The minimum absolute atomic E-state index is 0.0160. The summed E-state index contributed by atoms with van der Waals surface area (Å²) in [7, 11) is 0. The highest BCUT2D eigenvalue weighted by Crippen LogP contribution is 2.52. The predicted molar refractivity (Wildman–Crippen MR) is 304 cm³/mol. The first-order valence-corrected chi connectivity index (χ1v) is 25.5. The molecule has 3 heterocycles. The zero-order chi connectivity index (χ0) is 50.1. The molecule has 0 saturated heterocycles. The molecule has 9 aromatic rings. The average Bonchev–Trinajstić information content (AvgIpc) is 3.68. The van der Waals surface area contributed by atoms with E-state index in [2.05, 4.69) is 258 Å². The van der Waals surface area contributed by atoms with E-state index in [1.165, 1.54) is 44.5 Å². The Labute approximate surface area is 422 Å². The van der Waals surface area contributed by atoms with Crippen molar-refractivity contribution in [1.82, 2.24) is 0 Å². The van der Waals surface area contributed by atoms with Gasteiger partial charge in [0.2, 0.25) is 0 Å². The van der Waals surface area contributed by atoms with Crippen LogP contribution in [0.1, 0.15) is 116 Å². The van der Waals surface area contributed by atoms with Crippen LogP contribution >= 0.6 is 0 Å².